The molecular formula is C8H9FO4PS+. The Kier molecular flexibility index (Phi) is 4.98. The summed E-state index contributed by atoms with van der Waals surface area (Å²) >= 11 is 0. The molecule has 1 rings (SSSR count). The van der Waals surface area contributed by atoms with Gasteiger partial charge in [0.25, 0.3) is 0 Å². The maximum Gasteiger partial charge on any atom is 0.695 e. The van der Waals surface area contributed by atoms with E-state index in [1.807, 2.05) is 0 Å². The van der Waals surface area contributed by atoms with Crippen molar-refractivity contribution in [3.8, 4) is 0 Å². The second-order valence-electron chi connectivity index (χ2n) is 2.66. The van der Waals surface area contributed by atoms with Crippen molar-refractivity contribution in [1.29, 1.82) is 0 Å². The Balaban J connectivity index is 2.52. The number of benzene rings is 1. The SMILES string of the molecule is O=[P+](O)OC[S@@](=O)Cc1ccccc1F. The van der Waals surface area contributed by atoms with Crippen LogP contribution in [0.2, 0.25) is 0 Å². The van der Waals surface area contributed by atoms with Crippen LogP contribution in [0.4, 0.5) is 4.39 Å². The molecule has 4 nitrogen and oxygen atoms in total. The van der Waals surface area contributed by atoms with E-state index in [4.69, 9.17) is 4.89 Å². The van der Waals surface area contributed by atoms with Gasteiger partial charge in [0.2, 0.25) is 0 Å². The van der Waals surface area contributed by atoms with Crippen LogP contribution in [-0.2, 0) is 25.6 Å². The zero-order valence-electron chi connectivity index (χ0n) is 7.63. The van der Waals surface area contributed by atoms with Crippen molar-refractivity contribution in [1.82, 2.24) is 0 Å². The molecule has 0 aliphatic heterocycles. The molecule has 0 heterocycles. The first-order valence-electron chi connectivity index (χ1n) is 3.97. The fourth-order valence-corrected chi connectivity index (χ4v) is 2.43. The van der Waals surface area contributed by atoms with Gasteiger partial charge in [-0.3, -0.25) is 4.21 Å². The maximum atomic E-state index is 13.1. The van der Waals surface area contributed by atoms with E-state index in [0.717, 1.165) is 0 Å². The summed E-state index contributed by atoms with van der Waals surface area (Å²) in [7, 11) is -4.26. The fourth-order valence-electron chi connectivity index (χ4n) is 0.934. The lowest BCUT2D eigenvalue weighted by atomic mass is 10.2. The molecule has 0 radical (unpaired) electrons. The Hall–Kier alpha value is -0.680. The summed E-state index contributed by atoms with van der Waals surface area (Å²) in [5.74, 6) is -0.852. The quantitative estimate of drug-likeness (QED) is 0.809. The topological polar surface area (TPSA) is 63.6 Å². The van der Waals surface area contributed by atoms with E-state index in [-0.39, 0.29) is 11.7 Å². The normalized spacial score (nSPS) is 13.6. The van der Waals surface area contributed by atoms with Crippen LogP contribution in [0.25, 0.3) is 0 Å². The van der Waals surface area contributed by atoms with Crippen LogP contribution < -0.4 is 0 Å². The van der Waals surface area contributed by atoms with Crippen LogP contribution in [0, 0.1) is 5.82 Å². The van der Waals surface area contributed by atoms with Gasteiger partial charge in [-0.05, 0) is 6.07 Å². The number of rotatable bonds is 5. The van der Waals surface area contributed by atoms with Crippen molar-refractivity contribution in [2.75, 3.05) is 5.94 Å². The molecule has 0 aliphatic carbocycles. The highest BCUT2D eigenvalue weighted by Gasteiger charge is 2.15. The minimum absolute atomic E-state index is 0.0319. The highest BCUT2D eigenvalue weighted by molar-refractivity contribution is 7.84. The second-order valence-corrected chi connectivity index (χ2v) is 4.80. The van der Waals surface area contributed by atoms with Gasteiger partial charge in [-0.25, -0.2) is 4.39 Å². The maximum absolute atomic E-state index is 13.1. The molecule has 0 saturated carbocycles. The Labute approximate surface area is 89.5 Å². The van der Waals surface area contributed by atoms with E-state index in [1.165, 1.54) is 18.2 Å². The highest BCUT2D eigenvalue weighted by Crippen LogP contribution is 2.16. The molecular weight excluding hydrogens is 242 g/mol. The van der Waals surface area contributed by atoms with Crippen LogP contribution in [0.15, 0.2) is 24.3 Å². The Bertz CT molecular complexity index is 385. The molecule has 0 aromatic heterocycles. The average Bonchev–Trinajstić information content (AvgIpc) is 2.18. The summed E-state index contributed by atoms with van der Waals surface area (Å²) in [6.45, 7) is 0. The molecule has 1 aromatic rings. The van der Waals surface area contributed by atoms with E-state index >= 15 is 0 Å². The third-order valence-corrected chi connectivity index (χ3v) is 3.11. The summed E-state index contributed by atoms with van der Waals surface area (Å²) in [6, 6.07) is 5.93. The van der Waals surface area contributed by atoms with Crippen molar-refractivity contribution in [3.63, 3.8) is 0 Å². The first kappa shape index (κ1) is 12.4. The molecule has 2 atom stereocenters. The van der Waals surface area contributed by atoms with Gasteiger partial charge < -0.3 is 0 Å². The van der Waals surface area contributed by atoms with Gasteiger partial charge in [-0.1, -0.05) is 18.2 Å². The Morgan fingerprint density at radius 2 is 2.13 bits per heavy atom. The van der Waals surface area contributed by atoms with Crippen molar-refractivity contribution in [2.24, 2.45) is 0 Å². The molecule has 1 unspecified atom stereocenters. The standard InChI is InChI=1S/C8H8FO4PS/c9-8-4-2-1-3-7(8)5-15(12)6-13-14(10)11/h1-4H,5-6H2/p+1/t15-/m0/s1. The third kappa shape index (κ3) is 4.57. The third-order valence-electron chi connectivity index (χ3n) is 1.57. The average molecular weight is 251 g/mol. The number of hydrogen-bond donors (Lipinski definition) is 1. The highest BCUT2D eigenvalue weighted by atomic mass is 32.2. The van der Waals surface area contributed by atoms with Gasteiger partial charge >= 0.3 is 8.25 Å². The van der Waals surface area contributed by atoms with Crippen molar-refractivity contribution in [2.45, 2.75) is 5.75 Å². The van der Waals surface area contributed by atoms with Crippen LogP contribution in [0.5, 0.6) is 0 Å². The van der Waals surface area contributed by atoms with Gasteiger partial charge in [0.05, 0.1) is 16.6 Å². The summed E-state index contributed by atoms with van der Waals surface area (Å²) < 4.78 is 38.7. The van der Waals surface area contributed by atoms with E-state index < -0.39 is 24.9 Å². The van der Waals surface area contributed by atoms with E-state index in [2.05, 4.69) is 4.52 Å². The molecule has 1 N–H and O–H groups in total. The summed E-state index contributed by atoms with van der Waals surface area (Å²) in [5, 5.41) is 0. The van der Waals surface area contributed by atoms with Gasteiger partial charge in [0.1, 0.15) is 5.82 Å². The van der Waals surface area contributed by atoms with Gasteiger partial charge in [-0.2, -0.15) is 0 Å². The van der Waals surface area contributed by atoms with Crippen molar-refractivity contribution in [3.05, 3.63) is 35.6 Å². The summed E-state index contributed by atoms with van der Waals surface area (Å²) in [6.07, 6.45) is 0. The lowest BCUT2D eigenvalue weighted by Gasteiger charge is -2.00. The number of hydrogen-bond acceptors (Lipinski definition) is 3. The molecule has 0 aliphatic rings. The molecule has 7 heteroatoms. The minimum atomic E-state index is -2.75. The Morgan fingerprint density at radius 3 is 2.73 bits per heavy atom. The zero-order valence-corrected chi connectivity index (χ0v) is 9.34. The molecule has 0 saturated heterocycles. The van der Waals surface area contributed by atoms with Gasteiger partial charge in [0, 0.05) is 10.1 Å². The minimum Gasteiger partial charge on any atom is -0.257 e. The molecule has 0 spiro atoms. The van der Waals surface area contributed by atoms with Crippen LogP contribution in [0.1, 0.15) is 5.56 Å². The van der Waals surface area contributed by atoms with E-state index in [0.29, 0.717) is 5.56 Å². The molecule has 0 bridgehead atoms. The monoisotopic (exact) mass is 251 g/mol. The van der Waals surface area contributed by atoms with Crippen LogP contribution in [-0.4, -0.2) is 15.0 Å². The predicted molar refractivity (Wildman–Crippen MR) is 54.0 cm³/mol. The smallest absolute Gasteiger partial charge is 0.257 e. The predicted octanol–water partition coefficient (Wildman–Crippen LogP) is 1.70. The fraction of sp³-hybridized carbons (Fsp3) is 0.250. The van der Waals surface area contributed by atoms with Gasteiger partial charge in [-0.15, -0.1) is 9.42 Å². The van der Waals surface area contributed by atoms with Crippen LogP contribution >= 0.6 is 8.25 Å². The molecule has 1 aromatic carbocycles. The largest absolute Gasteiger partial charge is 0.695 e. The molecule has 0 amide bonds. The van der Waals surface area contributed by atoms with E-state index in [1.54, 1.807) is 6.07 Å². The van der Waals surface area contributed by atoms with Crippen LogP contribution in [0.3, 0.4) is 0 Å². The molecule has 15 heavy (non-hydrogen) atoms. The molecule has 82 valence electrons. The molecule has 0 fully saturated rings. The van der Waals surface area contributed by atoms with Crippen molar-refractivity contribution >= 4 is 19.1 Å². The second kappa shape index (κ2) is 6.02. The zero-order chi connectivity index (χ0) is 11.3. The number of halogens is 1. The first-order chi connectivity index (χ1) is 7.09. The first-order valence-corrected chi connectivity index (χ1v) is 6.59. The van der Waals surface area contributed by atoms with Crippen molar-refractivity contribution < 1.29 is 22.6 Å². The van der Waals surface area contributed by atoms with Gasteiger partial charge in [0.15, 0.2) is 5.94 Å². The van der Waals surface area contributed by atoms with E-state index in [9.17, 15) is 13.2 Å². The summed E-state index contributed by atoms with van der Waals surface area (Å²) in [4.78, 5) is 8.30. The lowest BCUT2D eigenvalue weighted by molar-refractivity contribution is 0.327. The Morgan fingerprint density at radius 1 is 1.47 bits per heavy atom. The lowest BCUT2D eigenvalue weighted by Crippen LogP contribution is -2.03. The summed E-state index contributed by atoms with van der Waals surface area (Å²) in [5.41, 5.74) is 0.299.